The molecule has 2 aromatic heterocycles. The molecule has 0 N–H and O–H groups in total. The van der Waals surface area contributed by atoms with Gasteiger partial charge in [0.15, 0.2) is 12.4 Å². The van der Waals surface area contributed by atoms with Crippen LogP contribution in [-0.4, -0.2) is 38.0 Å². The van der Waals surface area contributed by atoms with Crippen LogP contribution in [0.5, 0.6) is 0 Å². The minimum Gasteiger partial charge on any atom is -0.381 e. The van der Waals surface area contributed by atoms with Gasteiger partial charge in [-0.2, -0.15) is 0 Å². The Morgan fingerprint density at radius 3 is 2.05 bits per heavy atom. The number of hydrogen-bond donors (Lipinski definition) is 0. The lowest BCUT2D eigenvalue weighted by molar-refractivity contribution is -0.697. The van der Waals surface area contributed by atoms with Crippen molar-refractivity contribution in [1.82, 2.24) is 4.98 Å². The van der Waals surface area contributed by atoms with E-state index in [4.69, 9.17) is 15.0 Å². The number of hydrogen-bond acceptors (Lipinski definition) is 4. The van der Waals surface area contributed by atoms with Gasteiger partial charge in [0.25, 0.3) is 0 Å². The fourth-order valence-electron chi connectivity index (χ4n) is 4.36. The molecule has 2 heterocycles. The van der Waals surface area contributed by atoms with Crippen molar-refractivity contribution in [2.45, 2.75) is 96.4 Å². The summed E-state index contributed by atoms with van der Waals surface area (Å²) in [6.07, 6.45) is 24.3. The summed E-state index contributed by atoms with van der Waals surface area (Å²) in [5.41, 5.74) is 10.9. The van der Waals surface area contributed by atoms with Crippen LogP contribution >= 0.6 is 0 Å². The Morgan fingerprint density at radius 1 is 0.730 bits per heavy atom. The normalized spacial score (nSPS) is 10.9. The lowest BCUT2D eigenvalue weighted by atomic mass is 10.1. The molecule has 0 saturated carbocycles. The van der Waals surface area contributed by atoms with Crippen molar-refractivity contribution in [2.24, 2.45) is 5.11 Å². The van der Waals surface area contributed by atoms with E-state index in [9.17, 15) is 0 Å². The van der Waals surface area contributed by atoms with E-state index in [1.807, 2.05) is 18.5 Å². The molecule has 0 aliphatic heterocycles. The van der Waals surface area contributed by atoms with Gasteiger partial charge in [-0.25, -0.2) is 4.57 Å². The van der Waals surface area contributed by atoms with Gasteiger partial charge in [-0.15, -0.1) is 0 Å². The Morgan fingerprint density at radius 2 is 1.35 bits per heavy atom. The first-order valence-corrected chi connectivity index (χ1v) is 14.4. The third kappa shape index (κ3) is 17.6. The molecule has 0 unspecified atom stereocenters. The number of aromatic nitrogens is 2. The molecule has 0 aliphatic carbocycles. The first-order valence-electron chi connectivity index (χ1n) is 14.4. The monoisotopic (exact) mass is 510 g/mol. The van der Waals surface area contributed by atoms with E-state index in [1.165, 1.54) is 49.7 Å². The Labute approximate surface area is 224 Å². The van der Waals surface area contributed by atoms with Gasteiger partial charge < -0.3 is 9.47 Å². The first kappa shape index (κ1) is 30.8. The van der Waals surface area contributed by atoms with Crippen LogP contribution in [0.3, 0.4) is 0 Å². The van der Waals surface area contributed by atoms with E-state index >= 15 is 0 Å². The first-order chi connectivity index (χ1) is 18.4. The Balaban J connectivity index is 1.37. The number of unbranched alkanes of at least 4 members (excludes halogenated alkanes) is 8. The molecule has 37 heavy (non-hydrogen) atoms. The summed E-state index contributed by atoms with van der Waals surface area (Å²) in [5, 5.41) is 3.57. The summed E-state index contributed by atoms with van der Waals surface area (Å²) in [7, 11) is 0. The Hall–Kier alpha value is -2.47. The van der Waals surface area contributed by atoms with Crippen LogP contribution in [0, 0.1) is 0 Å². The summed E-state index contributed by atoms with van der Waals surface area (Å²) < 4.78 is 13.9. The molecule has 0 spiro atoms. The van der Waals surface area contributed by atoms with Crippen LogP contribution in [-0.2, 0) is 28.9 Å². The Kier molecular flexibility index (Phi) is 18.9. The molecule has 0 aliphatic rings. The average molecular weight is 511 g/mol. The minimum atomic E-state index is 0.631. The van der Waals surface area contributed by atoms with Crippen LogP contribution < -0.4 is 4.57 Å². The van der Waals surface area contributed by atoms with Crippen LogP contribution in [0.2, 0.25) is 0 Å². The maximum atomic E-state index is 8.24. The third-order valence-corrected chi connectivity index (χ3v) is 6.47. The topological polar surface area (TPSA) is 84.0 Å². The van der Waals surface area contributed by atoms with Crippen molar-refractivity contribution in [2.75, 3.05) is 33.0 Å². The minimum absolute atomic E-state index is 0.631. The zero-order valence-corrected chi connectivity index (χ0v) is 22.8. The molecule has 7 heteroatoms. The van der Waals surface area contributed by atoms with Crippen molar-refractivity contribution < 1.29 is 14.0 Å². The van der Waals surface area contributed by atoms with Crippen molar-refractivity contribution in [3.05, 3.63) is 70.6 Å². The van der Waals surface area contributed by atoms with Crippen molar-refractivity contribution >= 4 is 0 Å². The van der Waals surface area contributed by atoms with E-state index in [-0.39, 0.29) is 0 Å². The highest BCUT2D eigenvalue weighted by Gasteiger charge is 2.03. The fourth-order valence-corrected chi connectivity index (χ4v) is 4.36. The van der Waals surface area contributed by atoms with Gasteiger partial charge in [0.1, 0.15) is 6.54 Å². The second-order valence-corrected chi connectivity index (χ2v) is 9.73. The molecular formula is C30H48N5O2+. The smallest absolute Gasteiger partial charge is 0.171 e. The van der Waals surface area contributed by atoms with Crippen LogP contribution in [0.4, 0.5) is 0 Å². The molecule has 2 rings (SSSR count). The molecule has 0 radical (unpaired) electrons. The second kappa shape index (κ2) is 22.7. The number of azide groups is 1. The highest BCUT2D eigenvalue weighted by molar-refractivity contribution is 5.08. The highest BCUT2D eigenvalue weighted by atomic mass is 16.5. The summed E-state index contributed by atoms with van der Waals surface area (Å²) in [6, 6.07) is 8.51. The Bertz CT molecular complexity index is 843. The zero-order chi connectivity index (χ0) is 26.1. The molecule has 0 aromatic carbocycles. The van der Waals surface area contributed by atoms with Gasteiger partial charge in [-0.1, -0.05) is 43.3 Å². The molecule has 7 nitrogen and oxygen atoms in total. The van der Waals surface area contributed by atoms with E-state index in [0.717, 1.165) is 84.3 Å². The second-order valence-electron chi connectivity index (χ2n) is 9.73. The quantitative estimate of drug-likeness (QED) is 0.0493. The molecule has 0 saturated heterocycles. The lowest BCUT2D eigenvalue weighted by Crippen LogP contribution is -2.33. The van der Waals surface area contributed by atoms with Crippen molar-refractivity contribution in [3.8, 4) is 0 Å². The predicted octanol–water partition coefficient (Wildman–Crippen LogP) is 7.18. The summed E-state index contributed by atoms with van der Waals surface area (Å²) in [6.45, 7) is 5.13. The standard InChI is InChI=1S/C30H48N5O2/c31-34-33-20-7-3-1-2-5-9-23-37-26-14-18-30-16-12-22-35(28-30)21-8-4-6-10-24-36-25-13-17-29-15-11-19-32-27-29/h11-12,15-16,19,22,27-28H,1-10,13-14,17-18,20-21,23-26H2/q+1. The van der Waals surface area contributed by atoms with Gasteiger partial charge in [-0.05, 0) is 74.6 Å². The van der Waals surface area contributed by atoms with Gasteiger partial charge in [-0.3, -0.25) is 4.98 Å². The maximum Gasteiger partial charge on any atom is 0.171 e. The molecule has 204 valence electrons. The lowest BCUT2D eigenvalue weighted by Gasteiger charge is -2.05. The van der Waals surface area contributed by atoms with Gasteiger partial charge >= 0.3 is 0 Å². The number of pyridine rings is 2. The van der Waals surface area contributed by atoms with Crippen LogP contribution in [0.15, 0.2) is 54.2 Å². The zero-order valence-electron chi connectivity index (χ0n) is 22.8. The van der Waals surface area contributed by atoms with Crippen LogP contribution in [0.25, 0.3) is 10.4 Å². The van der Waals surface area contributed by atoms with Gasteiger partial charge in [0.2, 0.25) is 0 Å². The number of nitrogens with zero attached hydrogens (tertiary/aromatic N) is 5. The van der Waals surface area contributed by atoms with Gasteiger partial charge in [0.05, 0.1) is 0 Å². The molecular weight excluding hydrogens is 462 g/mol. The van der Waals surface area contributed by atoms with E-state index in [1.54, 1.807) is 0 Å². The number of aryl methyl sites for hydroxylation is 3. The summed E-state index contributed by atoms with van der Waals surface area (Å²) in [4.78, 5) is 6.93. The highest BCUT2D eigenvalue weighted by Crippen LogP contribution is 2.07. The van der Waals surface area contributed by atoms with Gasteiger partial charge in [0, 0.05) is 68.3 Å². The average Bonchev–Trinajstić information content (AvgIpc) is 2.93. The van der Waals surface area contributed by atoms with E-state index < -0.39 is 0 Å². The van der Waals surface area contributed by atoms with Crippen LogP contribution in [0.1, 0.15) is 88.2 Å². The molecule has 0 atom stereocenters. The largest absolute Gasteiger partial charge is 0.381 e. The number of ether oxygens (including phenoxy) is 2. The SMILES string of the molecule is [N-]=[N+]=NCCCCCCCCOCCCc1ccc[n+](CCCCCCOCCCc2cccnc2)c1. The summed E-state index contributed by atoms with van der Waals surface area (Å²) >= 11 is 0. The molecule has 0 fully saturated rings. The van der Waals surface area contributed by atoms with Crippen molar-refractivity contribution in [3.63, 3.8) is 0 Å². The third-order valence-electron chi connectivity index (χ3n) is 6.47. The fraction of sp³-hybridized carbons (Fsp3) is 0.667. The molecule has 2 aromatic rings. The molecule has 0 bridgehead atoms. The van der Waals surface area contributed by atoms with Crippen molar-refractivity contribution in [1.29, 1.82) is 0 Å². The van der Waals surface area contributed by atoms with E-state index in [2.05, 4.69) is 50.2 Å². The summed E-state index contributed by atoms with van der Waals surface area (Å²) in [5.74, 6) is 0. The predicted molar refractivity (Wildman–Crippen MR) is 149 cm³/mol. The maximum absolute atomic E-state index is 8.24. The van der Waals surface area contributed by atoms with E-state index in [0.29, 0.717) is 6.54 Å². The molecule has 0 amide bonds. The number of rotatable bonds is 24.